The summed E-state index contributed by atoms with van der Waals surface area (Å²) in [6.07, 6.45) is -3.25. The summed E-state index contributed by atoms with van der Waals surface area (Å²) in [7, 11) is 0. The normalized spacial score (nSPS) is 11.9. The fourth-order valence-corrected chi connectivity index (χ4v) is 1.87. The maximum absolute atomic E-state index is 12.5. The van der Waals surface area contributed by atoms with Gasteiger partial charge in [-0.25, -0.2) is 4.79 Å². The number of carboxylic acid groups (broad SMARTS) is 1. The van der Waals surface area contributed by atoms with Crippen molar-refractivity contribution in [2.45, 2.75) is 6.18 Å². The minimum Gasteiger partial charge on any atom is -0.477 e. The van der Waals surface area contributed by atoms with Gasteiger partial charge >= 0.3 is 12.1 Å². The smallest absolute Gasteiger partial charge is 0.416 e. The molecule has 2 aromatic rings. The molecule has 0 bridgehead atoms. The van der Waals surface area contributed by atoms with Crippen LogP contribution in [0.5, 0.6) is 0 Å². The average molecular weight is 335 g/mol. The lowest BCUT2D eigenvalue weighted by Gasteiger charge is -2.09. The van der Waals surface area contributed by atoms with E-state index in [2.05, 4.69) is 5.32 Å². The van der Waals surface area contributed by atoms with Crippen molar-refractivity contribution in [3.8, 4) is 0 Å². The Kier molecular flexibility index (Phi) is 5.03. The third kappa shape index (κ3) is 4.45. The molecule has 0 spiro atoms. The Morgan fingerprint density at radius 3 is 2.04 bits per heavy atom. The van der Waals surface area contributed by atoms with E-state index in [0.717, 1.165) is 24.3 Å². The summed E-state index contributed by atoms with van der Waals surface area (Å²) >= 11 is 0. The molecule has 0 saturated heterocycles. The minimum absolute atomic E-state index is 0.0804. The van der Waals surface area contributed by atoms with Crippen molar-refractivity contribution in [2.24, 2.45) is 0 Å². The number of alkyl halides is 3. The average Bonchev–Trinajstić information content (AvgIpc) is 2.54. The summed E-state index contributed by atoms with van der Waals surface area (Å²) < 4.78 is 37.5. The number of rotatable bonds is 4. The Bertz CT molecular complexity index is 766. The molecule has 0 aliphatic heterocycles. The number of hydrogen-bond acceptors (Lipinski definition) is 2. The van der Waals surface area contributed by atoms with Gasteiger partial charge in [0.1, 0.15) is 5.70 Å². The number of carbonyl (C=O) groups is 2. The fraction of sp³-hybridized carbons (Fsp3) is 0.0588. The second kappa shape index (κ2) is 6.99. The van der Waals surface area contributed by atoms with Gasteiger partial charge in [-0.05, 0) is 35.9 Å². The van der Waals surface area contributed by atoms with Gasteiger partial charge in [0.05, 0.1) is 5.56 Å². The first-order valence-corrected chi connectivity index (χ1v) is 6.76. The van der Waals surface area contributed by atoms with Crippen molar-refractivity contribution in [1.29, 1.82) is 0 Å². The highest BCUT2D eigenvalue weighted by molar-refractivity contribution is 6.02. The van der Waals surface area contributed by atoms with E-state index in [-0.39, 0.29) is 11.3 Å². The van der Waals surface area contributed by atoms with Crippen LogP contribution in [0.3, 0.4) is 0 Å². The number of amides is 1. The number of benzene rings is 2. The molecule has 2 N–H and O–H groups in total. The van der Waals surface area contributed by atoms with Crippen LogP contribution in [-0.4, -0.2) is 17.0 Å². The number of hydrogen-bond donors (Lipinski definition) is 2. The molecular weight excluding hydrogens is 323 g/mol. The van der Waals surface area contributed by atoms with Crippen molar-refractivity contribution in [1.82, 2.24) is 5.32 Å². The highest BCUT2D eigenvalue weighted by Gasteiger charge is 2.30. The first-order valence-electron chi connectivity index (χ1n) is 6.76. The topological polar surface area (TPSA) is 66.4 Å². The molecule has 0 heterocycles. The van der Waals surface area contributed by atoms with Crippen LogP contribution in [0.25, 0.3) is 6.08 Å². The molecule has 4 nitrogen and oxygen atoms in total. The number of carboxylic acids is 1. The molecule has 0 aliphatic rings. The lowest BCUT2D eigenvalue weighted by Crippen LogP contribution is -2.27. The van der Waals surface area contributed by atoms with Gasteiger partial charge in [-0.3, -0.25) is 4.79 Å². The fourth-order valence-electron chi connectivity index (χ4n) is 1.87. The van der Waals surface area contributed by atoms with Gasteiger partial charge in [-0.2, -0.15) is 13.2 Å². The van der Waals surface area contributed by atoms with Crippen LogP contribution in [0.2, 0.25) is 0 Å². The van der Waals surface area contributed by atoms with Crippen LogP contribution in [0.1, 0.15) is 21.5 Å². The monoisotopic (exact) mass is 335 g/mol. The Morgan fingerprint density at radius 2 is 1.54 bits per heavy atom. The first-order chi connectivity index (χ1) is 11.3. The van der Waals surface area contributed by atoms with Gasteiger partial charge in [0, 0.05) is 5.56 Å². The molecule has 124 valence electrons. The molecule has 0 fully saturated rings. The number of aliphatic carboxylic acids is 1. The number of halogens is 3. The van der Waals surface area contributed by atoms with Crippen molar-refractivity contribution in [3.05, 3.63) is 77.0 Å². The highest BCUT2D eigenvalue weighted by Crippen LogP contribution is 2.29. The van der Waals surface area contributed by atoms with E-state index in [1.807, 2.05) is 0 Å². The Morgan fingerprint density at radius 1 is 0.958 bits per heavy atom. The molecule has 2 aromatic carbocycles. The molecule has 0 aromatic heterocycles. The molecule has 0 unspecified atom stereocenters. The molecule has 7 heteroatoms. The maximum Gasteiger partial charge on any atom is 0.416 e. The second-order valence-corrected chi connectivity index (χ2v) is 4.80. The predicted molar refractivity (Wildman–Crippen MR) is 81.0 cm³/mol. The molecular formula is C17H12F3NO3. The zero-order valence-electron chi connectivity index (χ0n) is 12.2. The van der Waals surface area contributed by atoms with E-state index in [9.17, 15) is 22.8 Å². The maximum atomic E-state index is 12.5. The van der Waals surface area contributed by atoms with Crippen LogP contribution in [0, 0.1) is 0 Å². The summed E-state index contributed by atoms with van der Waals surface area (Å²) in [6, 6.07) is 11.9. The van der Waals surface area contributed by atoms with Gasteiger partial charge in [0.15, 0.2) is 0 Å². The summed E-state index contributed by atoms with van der Waals surface area (Å²) in [6.45, 7) is 0. The quantitative estimate of drug-likeness (QED) is 0.840. The Labute approximate surface area is 135 Å². The third-order valence-corrected chi connectivity index (χ3v) is 3.06. The molecule has 0 radical (unpaired) electrons. The minimum atomic E-state index is -4.51. The second-order valence-electron chi connectivity index (χ2n) is 4.80. The Hall–Kier alpha value is -3.09. The van der Waals surface area contributed by atoms with Gasteiger partial charge in [-0.1, -0.05) is 30.3 Å². The molecule has 0 atom stereocenters. The zero-order valence-corrected chi connectivity index (χ0v) is 12.2. The van der Waals surface area contributed by atoms with Gasteiger partial charge < -0.3 is 10.4 Å². The summed E-state index contributed by atoms with van der Waals surface area (Å²) in [4.78, 5) is 23.2. The SMILES string of the molecule is O=C(O)/C(=C/c1ccccc1)NC(=O)c1ccc(C(F)(F)F)cc1. The van der Waals surface area contributed by atoms with Crippen molar-refractivity contribution >= 4 is 18.0 Å². The first kappa shape index (κ1) is 17.3. The van der Waals surface area contributed by atoms with E-state index < -0.39 is 23.6 Å². The van der Waals surface area contributed by atoms with Crippen molar-refractivity contribution in [2.75, 3.05) is 0 Å². The van der Waals surface area contributed by atoms with Gasteiger partial charge in [0.25, 0.3) is 5.91 Å². The summed E-state index contributed by atoms with van der Waals surface area (Å²) in [5.41, 5.74) is -0.797. The zero-order chi connectivity index (χ0) is 17.7. The molecule has 0 aliphatic carbocycles. The van der Waals surface area contributed by atoms with E-state index in [1.54, 1.807) is 30.3 Å². The van der Waals surface area contributed by atoms with Crippen LogP contribution < -0.4 is 5.32 Å². The van der Waals surface area contributed by atoms with Gasteiger partial charge in [0.2, 0.25) is 0 Å². The lowest BCUT2D eigenvalue weighted by molar-refractivity contribution is -0.137. The molecule has 24 heavy (non-hydrogen) atoms. The van der Waals surface area contributed by atoms with Crippen LogP contribution in [0.4, 0.5) is 13.2 Å². The van der Waals surface area contributed by atoms with Crippen molar-refractivity contribution in [3.63, 3.8) is 0 Å². The van der Waals surface area contributed by atoms with Crippen LogP contribution >= 0.6 is 0 Å². The predicted octanol–water partition coefficient (Wildman–Crippen LogP) is 3.56. The van der Waals surface area contributed by atoms with Crippen LogP contribution in [-0.2, 0) is 11.0 Å². The molecule has 0 saturated carbocycles. The largest absolute Gasteiger partial charge is 0.477 e. The van der Waals surface area contributed by atoms with E-state index >= 15 is 0 Å². The Balaban J connectivity index is 2.20. The van der Waals surface area contributed by atoms with Crippen molar-refractivity contribution < 1.29 is 27.9 Å². The number of nitrogens with one attached hydrogen (secondary N) is 1. The third-order valence-electron chi connectivity index (χ3n) is 3.06. The lowest BCUT2D eigenvalue weighted by atomic mass is 10.1. The standard InChI is InChI=1S/C17H12F3NO3/c18-17(19,20)13-8-6-12(7-9-13)15(22)21-14(16(23)24)10-11-4-2-1-3-5-11/h1-10H,(H,21,22)(H,23,24)/b14-10-. The summed E-state index contributed by atoms with van der Waals surface area (Å²) in [5.74, 6) is -2.17. The van der Waals surface area contributed by atoms with E-state index in [4.69, 9.17) is 5.11 Å². The summed E-state index contributed by atoms with van der Waals surface area (Å²) in [5, 5.41) is 11.3. The van der Waals surface area contributed by atoms with Gasteiger partial charge in [-0.15, -0.1) is 0 Å². The molecule has 2 rings (SSSR count). The number of carbonyl (C=O) groups excluding carboxylic acids is 1. The molecule has 1 amide bonds. The highest BCUT2D eigenvalue weighted by atomic mass is 19.4. The van der Waals surface area contributed by atoms with Crippen LogP contribution in [0.15, 0.2) is 60.3 Å². The van der Waals surface area contributed by atoms with E-state index in [1.165, 1.54) is 6.08 Å². The van der Waals surface area contributed by atoms with E-state index in [0.29, 0.717) is 5.56 Å².